The van der Waals surface area contributed by atoms with Gasteiger partial charge in [-0.3, -0.25) is 9.59 Å². The van der Waals surface area contributed by atoms with Gasteiger partial charge in [-0.25, -0.2) is 4.68 Å². The minimum atomic E-state index is -0.241. The molecule has 1 saturated heterocycles. The molecule has 3 aromatic rings. The molecule has 0 aliphatic carbocycles. The second kappa shape index (κ2) is 8.51. The van der Waals surface area contributed by atoms with E-state index in [9.17, 15) is 9.59 Å². The summed E-state index contributed by atoms with van der Waals surface area (Å²) in [5, 5.41) is 12.1. The number of aromatic nitrogens is 3. The lowest BCUT2D eigenvalue weighted by Crippen LogP contribution is -2.40. The van der Waals surface area contributed by atoms with Gasteiger partial charge in [0, 0.05) is 17.8 Å². The van der Waals surface area contributed by atoms with Gasteiger partial charge in [0.25, 0.3) is 5.91 Å². The summed E-state index contributed by atoms with van der Waals surface area (Å²) in [7, 11) is 0. The zero-order valence-electron chi connectivity index (χ0n) is 16.1. The van der Waals surface area contributed by atoms with E-state index < -0.39 is 0 Å². The normalized spacial score (nSPS) is 16.9. The number of carbonyl (C=O) groups excluding carboxylic acids is 2. The Kier molecular flexibility index (Phi) is 5.82. The standard InChI is InChI=1S/C20H22ClN5O2S/c1-13-4-5-17-14(7-13)8-18(29-17)20(28)25-6-2-3-16(12-25)26-11-15(23-24-26)10-22-19(27)9-21/h4-5,7-8,11,16H,2-3,6,9-10,12H2,1H3,(H,22,27). The molecule has 2 aromatic heterocycles. The monoisotopic (exact) mass is 431 g/mol. The van der Waals surface area contributed by atoms with Gasteiger partial charge in [-0.05, 0) is 37.3 Å². The van der Waals surface area contributed by atoms with Crippen LogP contribution in [0.5, 0.6) is 0 Å². The number of rotatable bonds is 5. The first-order valence-electron chi connectivity index (χ1n) is 9.56. The maximum atomic E-state index is 13.1. The van der Waals surface area contributed by atoms with Crippen molar-refractivity contribution in [1.29, 1.82) is 0 Å². The fourth-order valence-electron chi connectivity index (χ4n) is 3.59. The third-order valence-corrected chi connectivity index (χ3v) is 6.43. The number of hydrogen-bond donors (Lipinski definition) is 1. The zero-order chi connectivity index (χ0) is 20.4. The topological polar surface area (TPSA) is 80.1 Å². The van der Waals surface area contributed by atoms with Crippen LogP contribution >= 0.6 is 22.9 Å². The summed E-state index contributed by atoms with van der Waals surface area (Å²) in [6.07, 6.45) is 3.68. The van der Waals surface area contributed by atoms with Crippen molar-refractivity contribution in [3.63, 3.8) is 0 Å². The number of halogens is 1. The molecule has 1 aliphatic rings. The van der Waals surface area contributed by atoms with E-state index >= 15 is 0 Å². The lowest BCUT2D eigenvalue weighted by atomic mass is 10.1. The molecule has 0 bridgehead atoms. The Balaban J connectivity index is 1.44. The number of aryl methyl sites for hydroxylation is 1. The van der Waals surface area contributed by atoms with Gasteiger partial charge in [-0.15, -0.1) is 28.0 Å². The van der Waals surface area contributed by atoms with Crippen molar-refractivity contribution in [3.05, 3.63) is 46.6 Å². The SMILES string of the molecule is Cc1ccc2sc(C(=O)N3CCCC(n4cc(CNC(=O)CCl)nn4)C3)cc2c1. The second-order valence-corrected chi connectivity index (χ2v) is 8.65. The highest BCUT2D eigenvalue weighted by Gasteiger charge is 2.27. The minimum absolute atomic E-state index is 0.0725. The molecule has 0 saturated carbocycles. The molecule has 4 rings (SSSR count). The van der Waals surface area contributed by atoms with Gasteiger partial charge in [0.1, 0.15) is 11.6 Å². The second-order valence-electron chi connectivity index (χ2n) is 7.30. The molecule has 1 atom stereocenters. The number of thiophene rings is 1. The number of carbonyl (C=O) groups is 2. The van der Waals surface area contributed by atoms with Crippen LogP contribution in [0.1, 0.15) is 39.8 Å². The Morgan fingerprint density at radius 2 is 2.21 bits per heavy atom. The first kappa shape index (κ1) is 19.8. The van der Waals surface area contributed by atoms with Crippen LogP contribution in [0.15, 0.2) is 30.5 Å². The average molecular weight is 432 g/mol. The molecule has 2 amide bonds. The third kappa shape index (κ3) is 4.43. The van der Waals surface area contributed by atoms with Crippen LogP contribution < -0.4 is 5.32 Å². The van der Waals surface area contributed by atoms with Gasteiger partial charge >= 0.3 is 0 Å². The number of likely N-dealkylation sites (tertiary alicyclic amines) is 1. The fourth-order valence-corrected chi connectivity index (χ4v) is 4.69. The highest BCUT2D eigenvalue weighted by atomic mass is 35.5. The number of piperidine rings is 1. The molecule has 0 radical (unpaired) electrons. The molecule has 0 spiro atoms. The molecule has 1 aliphatic heterocycles. The molecule has 1 aromatic carbocycles. The average Bonchev–Trinajstić information content (AvgIpc) is 3.38. The maximum Gasteiger partial charge on any atom is 0.264 e. The van der Waals surface area contributed by atoms with E-state index in [1.807, 2.05) is 17.2 Å². The number of fused-ring (bicyclic) bond motifs is 1. The van der Waals surface area contributed by atoms with Crippen molar-refractivity contribution >= 4 is 44.8 Å². The Morgan fingerprint density at radius 1 is 1.34 bits per heavy atom. The lowest BCUT2D eigenvalue weighted by Gasteiger charge is -2.32. The number of nitrogens with one attached hydrogen (secondary N) is 1. The molecule has 152 valence electrons. The van der Waals surface area contributed by atoms with Crippen LogP contribution in [0.3, 0.4) is 0 Å². The van der Waals surface area contributed by atoms with Gasteiger partial charge in [0.2, 0.25) is 5.91 Å². The van der Waals surface area contributed by atoms with Crippen LogP contribution in [0.2, 0.25) is 0 Å². The number of alkyl halides is 1. The van der Waals surface area contributed by atoms with Crippen LogP contribution in [0.25, 0.3) is 10.1 Å². The minimum Gasteiger partial charge on any atom is -0.349 e. The van der Waals surface area contributed by atoms with Crippen molar-refractivity contribution in [3.8, 4) is 0 Å². The maximum absolute atomic E-state index is 13.1. The van der Waals surface area contributed by atoms with E-state index in [1.165, 1.54) is 5.56 Å². The predicted octanol–water partition coefficient (Wildman–Crippen LogP) is 3.13. The van der Waals surface area contributed by atoms with Gasteiger partial charge < -0.3 is 10.2 Å². The molecular formula is C20H22ClN5O2S. The van der Waals surface area contributed by atoms with E-state index in [0.29, 0.717) is 18.8 Å². The molecular weight excluding hydrogens is 410 g/mol. The van der Waals surface area contributed by atoms with E-state index in [2.05, 4.69) is 40.8 Å². The molecule has 1 N–H and O–H groups in total. The van der Waals surface area contributed by atoms with Gasteiger partial charge in [-0.2, -0.15) is 0 Å². The van der Waals surface area contributed by atoms with Crippen LogP contribution in [-0.2, 0) is 11.3 Å². The predicted molar refractivity (Wildman–Crippen MR) is 113 cm³/mol. The van der Waals surface area contributed by atoms with Crippen molar-refractivity contribution in [2.75, 3.05) is 19.0 Å². The Morgan fingerprint density at radius 3 is 3.03 bits per heavy atom. The molecule has 7 nitrogen and oxygen atoms in total. The highest BCUT2D eigenvalue weighted by molar-refractivity contribution is 7.20. The van der Waals surface area contributed by atoms with E-state index in [4.69, 9.17) is 11.6 Å². The summed E-state index contributed by atoms with van der Waals surface area (Å²) in [5.74, 6) is -0.247. The third-order valence-electron chi connectivity index (χ3n) is 5.09. The van der Waals surface area contributed by atoms with Crippen molar-refractivity contribution in [1.82, 2.24) is 25.2 Å². The van der Waals surface area contributed by atoms with E-state index in [-0.39, 0.29) is 23.7 Å². The first-order valence-corrected chi connectivity index (χ1v) is 10.9. The summed E-state index contributed by atoms with van der Waals surface area (Å²) in [5.41, 5.74) is 1.86. The van der Waals surface area contributed by atoms with Crippen molar-refractivity contribution in [2.45, 2.75) is 32.4 Å². The molecule has 3 heterocycles. The molecule has 1 fully saturated rings. The number of nitrogens with zero attached hydrogens (tertiary/aromatic N) is 4. The van der Waals surface area contributed by atoms with Crippen molar-refractivity contribution < 1.29 is 9.59 Å². The lowest BCUT2D eigenvalue weighted by molar-refractivity contribution is -0.118. The first-order chi connectivity index (χ1) is 14.0. The molecule has 1 unspecified atom stereocenters. The highest BCUT2D eigenvalue weighted by Crippen LogP contribution is 2.29. The van der Waals surface area contributed by atoms with Gasteiger partial charge in [0.05, 0.1) is 23.7 Å². The van der Waals surface area contributed by atoms with Crippen LogP contribution in [0, 0.1) is 6.92 Å². The fraction of sp³-hybridized carbons (Fsp3) is 0.400. The van der Waals surface area contributed by atoms with E-state index in [1.54, 1.807) is 16.0 Å². The summed E-state index contributed by atoms with van der Waals surface area (Å²) >= 11 is 7.03. The summed E-state index contributed by atoms with van der Waals surface area (Å²) < 4.78 is 2.93. The number of amides is 2. The smallest absolute Gasteiger partial charge is 0.264 e. The van der Waals surface area contributed by atoms with Gasteiger partial charge in [0.15, 0.2) is 0 Å². The van der Waals surface area contributed by atoms with Gasteiger partial charge in [-0.1, -0.05) is 22.9 Å². The number of benzene rings is 1. The Bertz CT molecular complexity index is 1050. The molecule has 29 heavy (non-hydrogen) atoms. The van der Waals surface area contributed by atoms with Crippen LogP contribution in [0.4, 0.5) is 0 Å². The quantitative estimate of drug-likeness (QED) is 0.629. The summed E-state index contributed by atoms with van der Waals surface area (Å²) in [6, 6.07) is 8.33. The Labute approximate surface area is 177 Å². The van der Waals surface area contributed by atoms with Crippen LogP contribution in [-0.4, -0.2) is 50.7 Å². The molecule has 9 heteroatoms. The zero-order valence-corrected chi connectivity index (χ0v) is 17.7. The summed E-state index contributed by atoms with van der Waals surface area (Å²) in [6.45, 7) is 3.70. The van der Waals surface area contributed by atoms with E-state index in [0.717, 1.165) is 34.3 Å². The van der Waals surface area contributed by atoms with Crippen molar-refractivity contribution in [2.24, 2.45) is 0 Å². The number of hydrogen-bond acceptors (Lipinski definition) is 5. The Hall–Kier alpha value is -2.45. The summed E-state index contributed by atoms with van der Waals surface area (Å²) in [4.78, 5) is 27.0. The largest absolute Gasteiger partial charge is 0.349 e.